The summed E-state index contributed by atoms with van der Waals surface area (Å²) in [7, 11) is 0. The third kappa shape index (κ3) is 2.99. The van der Waals surface area contributed by atoms with E-state index in [1.54, 1.807) is 6.92 Å². The van der Waals surface area contributed by atoms with Crippen LogP contribution in [-0.2, 0) is 22.5 Å². The van der Waals surface area contributed by atoms with Gasteiger partial charge in [0.2, 0.25) is 0 Å². The molecule has 2 rings (SSSR count). The minimum Gasteiger partial charge on any atom is -0.465 e. The third-order valence-electron chi connectivity index (χ3n) is 3.17. The lowest BCUT2D eigenvalue weighted by Gasteiger charge is -2.12. The molecule has 2 aromatic rings. The molecule has 5 nitrogen and oxygen atoms in total. The number of carbonyl (C=O) groups excluding carboxylic acids is 1. The van der Waals surface area contributed by atoms with Crippen LogP contribution >= 0.6 is 0 Å². The molecule has 1 heterocycles. The predicted octanol–water partition coefficient (Wildman–Crippen LogP) is 1.88. The average molecular weight is 275 g/mol. The lowest BCUT2D eigenvalue weighted by molar-refractivity contribution is -0.144. The largest absolute Gasteiger partial charge is 0.465 e. The lowest BCUT2D eigenvalue weighted by atomic mass is 10.2. The number of esters is 1. The Morgan fingerprint density at radius 3 is 2.85 bits per heavy atom. The fourth-order valence-electron chi connectivity index (χ4n) is 2.28. The highest BCUT2D eigenvalue weighted by molar-refractivity contribution is 5.77. The van der Waals surface area contributed by atoms with Crippen molar-refractivity contribution in [3.05, 3.63) is 30.1 Å². The van der Waals surface area contributed by atoms with Crippen LogP contribution in [-0.4, -0.2) is 28.2 Å². The number of rotatable bonds is 6. The molecular formula is C15H21N3O2. The van der Waals surface area contributed by atoms with Gasteiger partial charge in [0.1, 0.15) is 11.9 Å². The van der Waals surface area contributed by atoms with Crippen LogP contribution in [0.1, 0.15) is 26.1 Å². The maximum absolute atomic E-state index is 11.6. The minimum absolute atomic E-state index is 0.345. The molecule has 0 aliphatic rings. The van der Waals surface area contributed by atoms with Crippen molar-refractivity contribution >= 4 is 17.0 Å². The van der Waals surface area contributed by atoms with E-state index >= 15 is 0 Å². The summed E-state index contributed by atoms with van der Waals surface area (Å²) in [5.74, 6) is 0.469. The van der Waals surface area contributed by atoms with Gasteiger partial charge in [0.05, 0.1) is 17.6 Å². The van der Waals surface area contributed by atoms with Crippen LogP contribution < -0.4 is 5.73 Å². The molecular weight excluding hydrogens is 254 g/mol. The van der Waals surface area contributed by atoms with E-state index in [1.807, 2.05) is 24.3 Å². The Morgan fingerprint density at radius 2 is 2.15 bits per heavy atom. The summed E-state index contributed by atoms with van der Waals surface area (Å²) in [4.78, 5) is 16.2. The second-order valence-electron chi connectivity index (χ2n) is 4.73. The number of nitrogens with two attached hydrogens (primary N) is 1. The zero-order valence-electron chi connectivity index (χ0n) is 12.0. The first-order valence-corrected chi connectivity index (χ1v) is 7.03. The van der Waals surface area contributed by atoms with Gasteiger partial charge in [-0.05, 0) is 25.5 Å². The molecule has 0 fully saturated rings. The van der Waals surface area contributed by atoms with Crippen molar-refractivity contribution in [2.75, 3.05) is 6.61 Å². The van der Waals surface area contributed by atoms with Gasteiger partial charge in [0.25, 0.3) is 0 Å². The SMILES string of the molecule is CCCn1c(CC(N)C(=O)OCC)nc2ccccc21. The van der Waals surface area contributed by atoms with Crippen LogP contribution in [0.25, 0.3) is 11.0 Å². The van der Waals surface area contributed by atoms with Gasteiger partial charge in [0, 0.05) is 13.0 Å². The van der Waals surface area contributed by atoms with Gasteiger partial charge >= 0.3 is 5.97 Å². The fraction of sp³-hybridized carbons (Fsp3) is 0.467. The van der Waals surface area contributed by atoms with Crippen molar-refractivity contribution in [1.29, 1.82) is 0 Å². The first-order valence-electron chi connectivity index (χ1n) is 7.03. The standard InChI is InChI=1S/C15H21N3O2/c1-3-9-18-13-8-6-5-7-12(13)17-14(18)10-11(16)15(19)20-4-2/h5-8,11H,3-4,9-10,16H2,1-2H3. The van der Waals surface area contributed by atoms with E-state index in [0.717, 1.165) is 29.8 Å². The molecule has 1 aromatic carbocycles. The monoisotopic (exact) mass is 275 g/mol. The molecule has 20 heavy (non-hydrogen) atoms. The number of nitrogens with zero attached hydrogens (tertiary/aromatic N) is 2. The topological polar surface area (TPSA) is 70.1 Å². The van der Waals surface area contributed by atoms with E-state index in [1.165, 1.54) is 0 Å². The molecule has 0 amide bonds. The van der Waals surface area contributed by atoms with Gasteiger partial charge in [-0.25, -0.2) is 4.98 Å². The molecule has 0 aliphatic carbocycles. The molecule has 0 spiro atoms. The highest BCUT2D eigenvalue weighted by atomic mass is 16.5. The predicted molar refractivity (Wildman–Crippen MR) is 78.3 cm³/mol. The van der Waals surface area contributed by atoms with Crippen LogP contribution in [0.15, 0.2) is 24.3 Å². The summed E-state index contributed by atoms with van der Waals surface area (Å²) in [5.41, 5.74) is 7.92. The van der Waals surface area contributed by atoms with E-state index < -0.39 is 6.04 Å². The molecule has 0 bridgehead atoms. The van der Waals surface area contributed by atoms with Crippen molar-refractivity contribution in [2.45, 2.75) is 39.3 Å². The molecule has 0 saturated heterocycles. The van der Waals surface area contributed by atoms with Crippen LogP contribution in [0.5, 0.6) is 0 Å². The fourth-order valence-corrected chi connectivity index (χ4v) is 2.28. The molecule has 2 N–H and O–H groups in total. The van der Waals surface area contributed by atoms with Gasteiger partial charge < -0.3 is 15.0 Å². The van der Waals surface area contributed by atoms with E-state index in [4.69, 9.17) is 10.5 Å². The lowest BCUT2D eigenvalue weighted by Crippen LogP contribution is -2.35. The third-order valence-corrected chi connectivity index (χ3v) is 3.17. The Balaban J connectivity index is 2.28. The smallest absolute Gasteiger partial charge is 0.323 e. The van der Waals surface area contributed by atoms with Gasteiger partial charge in [-0.1, -0.05) is 19.1 Å². The zero-order valence-corrected chi connectivity index (χ0v) is 12.0. The number of aromatic nitrogens is 2. The van der Waals surface area contributed by atoms with E-state index in [9.17, 15) is 4.79 Å². The summed E-state index contributed by atoms with van der Waals surface area (Å²) in [6.45, 7) is 5.10. The van der Waals surface area contributed by atoms with Gasteiger partial charge in [0.15, 0.2) is 0 Å². The van der Waals surface area contributed by atoms with Gasteiger partial charge in [-0.15, -0.1) is 0 Å². The number of hydrogen-bond donors (Lipinski definition) is 1. The maximum atomic E-state index is 11.6. The summed E-state index contributed by atoms with van der Waals surface area (Å²) in [6, 6.07) is 7.30. The Labute approximate surface area is 118 Å². The first-order chi connectivity index (χ1) is 9.67. The van der Waals surface area contributed by atoms with Gasteiger partial charge in [-0.2, -0.15) is 0 Å². The zero-order chi connectivity index (χ0) is 14.5. The Kier molecular flexibility index (Phi) is 4.74. The van der Waals surface area contributed by atoms with Crippen molar-refractivity contribution in [3.63, 3.8) is 0 Å². The number of carbonyl (C=O) groups is 1. The second-order valence-corrected chi connectivity index (χ2v) is 4.73. The number of benzene rings is 1. The number of ether oxygens (including phenoxy) is 1. The Hall–Kier alpha value is -1.88. The summed E-state index contributed by atoms with van der Waals surface area (Å²) in [5, 5.41) is 0. The molecule has 0 saturated carbocycles. The summed E-state index contributed by atoms with van der Waals surface area (Å²) in [6.07, 6.45) is 1.40. The normalized spacial score (nSPS) is 12.6. The van der Waals surface area contributed by atoms with Gasteiger partial charge in [-0.3, -0.25) is 4.79 Å². The van der Waals surface area contributed by atoms with E-state index in [-0.39, 0.29) is 5.97 Å². The molecule has 0 radical (unpaired) electrons. The highest BCUT2D eigenvalue weighted by Gasteiger charge is 2.19. The highest BCUT2D eigenvalue weighted by Crippen LogP contribution is 2.17. The van der Waals surface area contributed by atoms with E-state index in [0.29, 0.717) is 13.0 Å². The van der Waals surface area contributed by atoms with Crippen molar-refractivity contribution in [3.8, 4) is 0 Å². The van der Waals surface area contributed by atoms with Crippen LogP contribution in [0.4, 0.5) is 0 Å². The number of fused-ring (bicyclic) bond motifs is 1. The first kappa shape index (κ1) is 14.5. The minimum atomic E-state index is -0.664. The average Bonchev–Trinajstić information content (AvgIpc) is 2.78. The molecule has 5 heteroatoms. The summed E-state index contributed by atoms with van der Waals surface area (Å²) >= 11 is 0. The van der Waals surface area contributed by atoms with Crippen molar-refractivity contribution < 1.29 is 9.53 Å². The number of imidazole rings is 1. The Morgan fingerprint density at radius 1 is 1.40 bits per heavy atom. The second kappa shape index (κ2) is 6.52. The maximum Gasteiger partial charge on any atom is 0.323 e. The van der Waals surface area contributed by atoms with Crippen molar-refractivity contribution in [2.24, 2.45) is 5.73 Å². The van der Waals surface area contributed by atoms with Crippen LogP contribution in [0.2, 0.25) is 0 Å². The molecule has 1 aromatic heterocycles. The number of para-hydroxylation sites is 2. The van der Waals surface area contributed by atoms with Crippen LogP contribution in [0.3, 0.4) is 0 Å². The number of aryl methyl sites for hydroxylation is 1. The molecule has 0 aliphatic heterocycles. The van der Waals surface area contributed by atoms with Crippen LogP contribution in [0, 0.1) is 0 Å². The van der Waals surface area contributed by atoms with Crippen molar-refractivity contribution in [1.82, 2.24) is 9.55 Å². The molecule has 1 atom stereocenters. The summed E-state index contributed by atoms with van der Waals surface area (Å²) < 4.78 is 7.08. The molecule has 108 valence electrons. The molecule has 1 unspecified atom stereocenters. The quantitative estimate of drug-likeness (QED) is 0.817. The number of hydrogen-bond acceptors (Lipinski definition) is 4. The van der Waals surface area contributed by atoms with E-state index in [2.05, 4.69) is 16.5 Å². The Bertz CT molecular complexity index is 592.